The summed E-state index contributed by atoms with van der Waals surface area (Å²) in [5.74, 6) is -2.14. The van der Waals surface area contributed by atoms with Gasteiger partial charge < -0.3 is 10.2 Å². The Morgan fingerprint density at radius 2 is 1.57 bits per heavy atom. The van der Waals surface area contributed by atoms with Gasteiger partial charge in [-0.15, -0.1) is 0 Å². The Labute approximate surface area is 205 Å². The molecule has 2 amide bonds. The molecule has 0 radical (unpaired) electrons. The summed E-state index contributed by atoms with van der Waals surface area (Å²) >= 11 is 0. The average molecular weight is 511 g/mol. The van der Waals surface area contributed by atoms with Gasteiger partial charge in [0.05, 0.1) is 5.69 Å². The van der Waals surface area contributed by atoms with E-state index in [1.165, 1.54) is 51.4 Å². The highest BCUT2D eigenvalue weighted by Crippen LogP contribution is 2.21. The Bertz CT molecular complexity index is 1120. The molecule has 35 heavy (non-hydrogen) atoms. The highest BCUT2D eigenvalue weighted by molar-refractivity contribution is 7.90. The molecule has 0 aliphatic carbocycles. The van der Waals surface area contributed by atoms with E-state index in [4.69, 9.17) is 0 Å². The fraction of sp³-hybridized carbons (Fsp3) is 0.417. The topological polar surface area (TPSA) is 90.0 Å². The van der Waals surface area contributed by atoms with E-state index < -0.39 is 46.2 Å². The van der Waals surface area contributed by atoms with Gasteiger partial charge >= 0.3 is 10.2 Å². The van der Waals surface area contributed by atoms with Crippen LogP contribution in [0.25, 0.3) is 0 Å². The van der Waals surface area contributed by atoms with Gasteiger partial charge in [-0.2, -0.15) is 12.7 Å². The molecule has 2 aromatic rings. The zero-order chi connectivity index (χ0) is 26.3. The summed E-state index contributed by atoms with van der Waals surface area (Å²) in [7, 11) is -1.56. The molecule has 2 aromatic carbocycles. The fourth-order valence-electron chi connectivity index (χ4n) is 3.17. The number of hydrogen-bond acceptors (Lipinski definition) is 4. The highest BCUT2D eigenvalue weighted by Gasteiger charge is 2.33. The number of carbonyl (C=O) groups is 2. The lowest BCUT2D eigenvalue weighted by Crippen LogP contribution is -2.52. The largest absolute Gasteiger partial charge is 0.354 e. The molecule has 2 rings (SSSR count). The molecule has 0 bridgehead atoms. The van der Waals surface area contributed by atoms with Gasteiger partial charge in [0.1, 0.15) is 24.2 Å². The first kappa shape index (κ1) is 28.2. The maximum Gasteiger partial charge on any atom is 0.304 e. The van der Waals surface area contributed by atoms with Crippen molar-refractivity contribution in [1.29, 1.82) is 0 Å². The van der Waals surface area contributed by atoms with Crippen LogP contribution in [0.4, 0.5) is 14.5 Å². The normalized spacial score (nSPS) is 12.5. The number of anilines is 1. The van der Waals surface area contributed by atoms with Crippen molar-refractivity contribution in [1.82, 2.24) is 14.5 Å². The van der Waals surface area contributed by atoms with E-state index >= 15 is 0 Å². The van der Waals surface area contributed by atoms with Crippen molar-refractivity contribution in [3.63, 3.8) is 0 Å². The molecule has 0 spiro atoms. The third-order valence-electron chi connectivity index (χ3n) is 5.28. The van der Waals surface area contributed by atoms with Crippen LogP contribution in [0.5, 0.6) is 0 Å². The molecule has 1 atom stereocenters. The van der Waals surface area contributed by atoms with Gasteiger partial charge in [-0.25, -0.2) is 13.1 Å². The first-order valence-electron chi connectivity index (χ1n) is 11.1. The zero-order valence-corrected chi connectivity index (χ0v) is 21.4. The average Bonchev–Trinajstić information content (AvgIpc) is 2.80. The van der Waals surface area contributed by atoms with Crippen molar-refractivity contribution < 1.29 is 26.8 Å². The summed E-state index contributed by atoms with van der Waals surface area (Å²) < 4.78 is 55.6. The highest BCUT2D eigenvalue weighted by atomic mass is 32.2. The smallest absolute Gasteiger partial charge is 0.304 e. The van der Waals surface area contributed by atoms with Gasteiger partial charge in [0.2, 0.25) is 11.8 Å². The van der Waals surface area contributed by atoms with Gasteiger partial charge in [-0.1, -0.05) is 32.0 Å². The number of amides is 2. The number of hydrogen-bond donors (Lipinski definition) is 1. The molecule has 0 heterocycles. The van der Waals surface area contributed by atoms with Crippen molar-refractivity contribution in [3.05, 3.63) is 65.7 Å². The fourth-order valence-corrected chi connectivity index (χ4v) is 4.23. The van der Waals surface area contributed by atoms with E-state index in [2.05, 4.69) is 5.32 Å². The molecule has 0 fully saturated rings. The number of benzene rings is 2. The molecule has 0 unspecified atom stereocenters. The summed E-state index contributed by atoms with van der Waals surface area (Å²) in [6.07, 6.45) is 0. The molecular formula is C24H32F2N4O4S. The van der Waals surface area contributed by atoms with Crippen LogP contribution in [0.15, 0.2) is 48.5 Å². The van der Waals surface area contributed by atoms with Gasteiger partial charge in [-0.3, -0.25) is 9.59 Å². The Kier molecular flexibility index (Phi) is 9.73. The summed E-state index contributed by atoms with van der Waals surface area (Å²) in [5, 5.41) is 2.75. The quantitative estimate of drug-likeness (QED) is 0.504. The lowest BCUT2D eigenvalue weighted by molar-refractivity contribution is -0.139. The van der Waals surface area contributed by atoms with Crippen LogP contribution < -0.4 is 9.62 Å². The minimum atomic E-state index is -4.16. The van der Waals surface area contributed by atoms with Crippen molar-refractivity contribution >= 4 is 27.7 Å². The minimum absolute atomic E-state index is 0.0659. The van der Waals surface area contributed by atoms with Crippen molar-refractivity contribution in [2.75, 3.05) is 31.5 Å². The van der Waals surface area contributed by atoms with Gasteiger partial charge in [0.25, 0.3) is 0 Å². The molecule has 0 aromatic heterocycles. The van der Waals surface area contributed by atoms with Crippen molar-refractivity contribution in [3.8, 4) is 0 Å². The predicted octanol–water partition coefficient (Wildman–Crippen LogP) is 2.77. The first-order valence-corrected chi connectivity index (χ1v) is 12.5. The third kappa shape index (κ3) is 7.46. The van der Waals surface area contributed by atoms with Crippen molar-refractivity contribution in [2.24, 2.45) is 5.92 Å². The maximum absolute atomic E-state index is 14.4. The van der Waals surface area contributed by atoms with Crippen LogP contribution in [0.2, 0.25) is 0 Å². The molecule has 0 aliphatic heterocycles. The Balaban J connectivity index is 2.44. The van der Waals surface area contributed by atoms with Crippen LogP contribution in [-0.2, 0) is 26.3 Å². The van der Waals surface area contributed by atoms with E-state index in [1.807, 2.05) is 13.8 Å². The summed E-state index contributed by atoms with van der Waals surface area (Å²) in [6.45, 7) is 4.78. The lowest BCUT2D eigenvalue weighted by Gasteiger charge is -2.33. The standard InChI is InChI=1S/C24H32F2N4O4S/c1-17(2)14-27-24(32)18(3)29(15-19-8-6-7-9-22(19)26)23(31)16-30(35(33,34)28(4)5)21-12-10-20(25)11-13-21/h6-13,17-18H,14-16H2,1-5H3,(H,27,32)/t18-/m0/s1. The molecule has 192 valence electrons. The Morgan fingerprint density at radius 3 is 2.11 bits per heavy atom. The maximum atomic E-state index is 14.4. The first-order chi connectivity index (χ1) is 16.3. The summed E-state index contributed by atoms with van der Waals surface area (Å²) in [5.41, 5.74) is 0.240. The Morgan fingerprint density at radius 1 is 0.971 bits per heavy atom. The number of carbonyl (C=O) groups excluding carboxylic acids is 2. The van der Waals surface area contributed by atoms with Crippen LogP contribution in [0, 0.1) is 17.6 Å². The van der Waals surface area contributed by atoms with Gasteiger partial charge in [0, 0.05) is 32.7 Å². The molecular weight excluding hydrogens is 478 g/mol. The molecule has 8 nitrogen and oxygen atoms in total. The summed E-state index contributed by atoms with van der Waals surface area (Å²) in [4.78, 5) is 27.4. The third-order valence-corrected chi connectivity index (χ3v) is 7.10. The van der Waals surface area contributed by atoms with E-state index in [0.717, 1.165) is 25.6 Å². The second-order valence-corrected chi connectivity index (χ2v) is 10.8. The molecule has 0 saturated carbocycles. The van der Waals surface area contributed by atoms with E-state index in [0.29, 0.717) is 6.54 Å². The van der Waals surface area contributed by atoms with E-state index in [9.17, 15) is 26.8 Å². The minimum Gasteiger partial charge on any atom is -0.354 e. The van der Waals surface area contributed by atoms with Crippen LogP contribution in [0.3, 0.4) is 0 Å². The number of nitrogens with zero attached hydrogens (tertiary/aromatic N) is 3. The molecule has 1 N–H and O–H groups in total. The van der Waals surface area contributed by atoms with Gasteiger partial charge in [0.15, 0.2) is 0 Å². The zero-order valence-electron chi connectivity index (χ0n) is 20.5. The summed E-state index contributed by atoms with van der Waals surface area (Å²) in [6, 6.07) is 9.46. The SMILES string of the molecule is CC(C)CNC(=O)[C@H](C)N(Cc1ccccc1F)C(=O)CN(c1ccc(F)cc1)S(=O)(=O)N(C)C. The molecule has 0 aliphatic rings. The van der Waals surface area contributed by atoms with Gasteiger partial charge in [-0.05, 0) is 43.2 Å². The molecule has 11 heteroatoms. The monoisotopic (exact) mass is 510 g/mol. The second kappa shape index (κ2) is 12.1. The van der Waals surface area contributed by atoms with Crippen LogP contribution >= 0.6 is 0 Å². The predicted molar refractivity (Wildman–Crippen MR) is 131 cm³/mol. The number of rotatable bonds is 11. The van der Waals surface area contributed by atoms with Crippen LogP contribution in [0.1, 0.15) is 26.3 Å². The second-order valence-electron chi connectivity index (χ2n) is 8.70. The van der Waals surface area contributed by atoms with E-state index in [1.54, 1.807) is 6.07 Å². The molecule has 0 saturated heterocycles. The van der Waals surface area contributed by atoms with Crippen LogP contribution in [-0.4, -0.2) is 62.7 Å². The van der Waals surface area contributed by atoms with Crippen molar-refractivity contribution in [2.45, 2.75) is 33.4 Å². The lowest BCUT2D eigenvalue weighted by atomic mass is 10.1. The Hall–Kier alpha value is -3.05. The van der Waals surface area contributed by atoms with E-state index in [-0.39, 0.29) is 23.7 Å². The number of halogens is 2. The number of nitrogens with one attached hydrogen (secondary N) is 1.